The van der Waals surface area contributed by atoms with Gasteiger partial charge in [-0.05, 0) is 99.4 Å². The van der Waals surface area contributed by atoms with Crippen molar-refractivity contribution in [1.29, 1.82) is 0 Å². The Hall–Kier alpha value is -7.72. The van der Waals surface area contributed by atoms with Crippen molar-refractivity contribution in [3.8, 4) is 39.1 Å². The minimum absolute atomic E-state index is 1.11. The molecule has 286 valence electrons. The largest absolute Gasteiger partial charge is 0.310 e. The fourth-order valence-electron chi connectivity index (χ4n) is 9.31. The number of thiophene rings is 1. The Morgan fingerprint density at radius 2 is 0.852 bits per heavy atom. The van der Waals surface area contributed by atoms with Gasteiger partial charge in [0.05, 0.1) is 16.7 Å². The van der Waals surface area contributed by atoms with E-state index in [1.165, 1.54) is 91.8 Å². The third-order valence-electron chi connectivity index (χ3n) is 12.2. The molecule has 0 aliphatic rings. The van der Waals surface area contributed by atoms with E-state index < -0.39 is 0 Å². The van der Waals surface area contributed by atoms with Gasteiger partial charge in [0.15, 0.2) is 0 Å². The minimum atomic E-state index is 1.11. The van der Waals surface area contributed by atoms with Gasteiger partial charge in [-0.3, -0.25) is 0 Å². The summed E-state index contributed by atoms with van der Waals surface area (Å²) >= 11 is 1.86. The van der Waals surface area contributed by atoms with E-state index in [0.29, 0.717) is 0 Å². The normalized spacial score (nSPS) is 11.6. The number of hydrogen-bond donors (Lipinski definition) is 0. The highest BCUT2D eigenvalue weighted by Crippen LogP contribution is 2.43. The first-order valence-electron chi connectivity index (χ1n) is 20.8. The first-order valence-corrected chi connectivity index (χ1v) is 21.6. The van der Waals surface area contributed by atoms with E-state index >= 15 is 0 Å². The third-order valence-corrected chi connectivity index (χ3v) is 13.3. The van der Waals surface area contributed by atoms with E-state index in [1.807, 2.05) is 11.3 Å². The zero-order valence-electron chi connectivity index (χ0n) is 33.2. The molecule has 0 amide bonds. The first kappa shape index (κ1) is 35.2. The summed E-state index contributed by atoms with van der Waals surface area (Å²) in [6.45, 7) is 0. The second-order valence-electron chi connectivity index (χ2n) is 15.7. The molecule has 10 aromatic carbocycles. The maximum absolute atomic E-state index is 2.45. The summed E-state index contributed by atoms with van der Waals surface area (Å²) in [6, 6.07) is 84.2. The highest BCUT2D eigenvalue weighted by atomic mass is 32.1. The first-order chi connectivity index (χ1) is 30.2. The number of para-hydroxylation sites is 1. The Bertz CT molecular complexity index is 3570. The van der Waals surface area contributed by atoms with Crippen molar-refractivity contribution in [3.63, 3.8) is 0 Å². The van der Waals surface area contributed by atoms with Gasteiger partial charge in [-0.25, -0.2) is 0 Å². The van der Waals surface area contributed by atoms with Crippen LogP contribution in [-0.4, -0.2) is 4.57 Å². The van der Waals surface area contributed by atoms with Gasteiger partial charge in [-0.2, -0.15) is 0 Å². The maximum atomic E-state index is 2.45. The summed E-state index contributed by atoms with van der Waals surface area (Å²) in [5.41, 5.74) is 14.1. The van der Waals surface area contributed by atoms with Gasteiger partial charge >= 0.3 is 0 Å². The van der Waals surface area contributed by atoms with Crippen molar-refractivity contribution in [2.45, 2.75) is 0 Å². The molecular weight excluding hydrogens is 757 g/mol. The molecule has 12 rings (SSSR count). The van der Waals surface area contributed by atoms with Crippen LogP contribution in [-0.2, 0) is 0 Å². The highest BCUT2D eigenvalue weighted by molar-refractivity contribution is 7.25. The lowest BCUT2D eigenvalue weighted by atomic mass is 9.93. The van der Waals surface area contributed by atoms with Gasteiger partial charge in [0.25, 0.3) is 0 Å². The lowest BCUT2D eigenvalue weighted by molar-refractivity contribution is 1.20. The summed E-state index contributed by atoms with van der Waals surface area (Å²) < 4.78 is 5.04. The number of hydrogen-bond acceptors (Lipinski definition) is 2. The van der Waals surface area contributed by atoms with Gasteiger partial charge in [0, 0.05) is 53.4 Å². The molecule has 0 N–H and O–H groups in total. The van der Waals surface area contributed by atoms with E-state index in [-0.39, 0.29) is 0 Å². The molecule has 0 fully saturated rings. The quantitative estimate of drug-likeness (QED) is 0.156. The van der Waals surface area contributed by atoms with Crippen LogP contribution in [0.5, 0.6) is 0 Å². The Labute approximate surface area is 358 Å². The van der Waals surface area contributed by atoms with Crippen molar-refractivity contribution in [1.82, 2.24) is 4.57 Å². The summed E-state index contributed by atoms with van der Waals surface area (Å²) in [6.07, 6.45) is 0. The van der Waals surface area contributed by atoms with Crippen LogP contribution in [0.25, 0.3) is 91.8 Å². The molecule has 0 spiro atoms. The maximum Gasteiger partial charge on any atom is 0.0547 e. The standard InChI is InChI=1S/C58H38N2S/c1-2-13-39(14-3-1)40-25-30-44(31-26-40)59(46-34-36-53-52-21-9-11-24-57(52)61-58(53)38-46)45-32-27-42(28-33-45)47-17-6-7-18-48(47)43-29-35-51-50-20-8-10-22-55(50)60(56(51)37-43)54-23-12-16-41-15-4-5-19-49(41)54/h1-38H. The second kappa shape index (κ2) is 14.5. The molecule has 2 heterocycles. The van der Waals surface area contributed by atoms with E-state index in [4.69, 9.17) is 0 Å². The summed E-state index contributed by atoms with van der Waals surface area (Å²) in [5.74, 6) is 0. The van der Waals surface area contributed by atoms with E-state index in [9.17, 15) is 0 Å². The molecule has 0 atom stereocenters. The van der Waals surface area contributed by atoms with Crippen LogP contribution in [0.3, 0.4) is 0 Å². The lowest BCUT2D eigenvalue weighted by Crippen LogP contribution is -2.09. The number of anilines is 3. The Morgan fingerprint density at radius 3 is 1.66 bits per heavy atom. The molecule has 3 heteroatoms. The van der Waals surface area contributed by atoms with E-state index in [1.54, 1.807) is 0 Å². The van der Waals surface area contributed by atoms with Crippen LogP contribution in [0.1, 0.15) is 0 Å². The van der Waals surface area contributed by atoms with Crippen molar-refractivity contribution < 1.29 is 0 Å². The fraction of sp³-hybridized carbons (Fsp3) is 0. The Balaban J connectivity index is 0.965. The van der Waals surface area contributed by atoms with Crippen LogP contribution in [0.15, 0.2) is 231 Å². The topological polar surface area (TPSA) is 8.17 Å². The highest BCUT2D eigenvalue weighted by Gasteiger charge is 2.18. The number of fused-ring (bicyclic) bond motifs is 7. The molecule has 0 aliphatic heterocycles. The molecule has 0 saturated heterocycles. The molecule has 0 aliphatic carbocycles. The molecule has 0 saturated carbocycles. The Morgan fingerprint density at radius 1 is 0.311 bits per heavy atom. The number of rotatable bonds is 7. The SMILES string of the molecule is c1ccc(-c2ccc(N(c3ccc(-c4ccccc4-c4ccc5c6ccccc6n(-c6cccc7ccccc67)c5c4)cc3)c3ccc4c(c3)sc3ccccc34)cc2)cc1. The molecule has 2 aromatic heterocycles. The van der Waals surface area contributed by atoms with Gasteiger partial charge in [0.1, 0.15) is 0 Å². The predicted octanol–water partition coefficient (Wildman–Crippen LogP) is 16.8. The molecule has 12 aromatic rings. The number of aromatic nitrogens is 1. The molecule has 61 heavy (non-hydrogen) atoms. The molecule has 0 unspecified atom stereocenters. The van der Waals surface area contributed by atoms with Crippen LogP contribution < -0.4 is 4.90 Å². The van der Waals surface area contributed by atoms with Gasteiger partial charge in [-0.1, -0.05) is 170 Å². The van der Waals surface area contributed by atoms with E-state index in [2.05, 4.69) is 240 Å². The van der Waals surface area contributed by atoms with Crippen molar-refractivity contribution in [2.75, 3.05) is 4.90 Å². The lowest BCUT2D eigenvalue weighted by Gasteiger charge is -2.26. The van der Waals surface area contributed by atoms with Crippen LogP contribution in [0, 0.1) is 0 Å². The zero-order valence-corrected chi connectivity index (χ0v) is 34.1. The molecule has 0 bridgehead atoms. The van der Waals surface area contributed by atoms with Crippen molar-refractivity contribution >= 4 is 81.1 Å². The summed E-state index contributed by atoms with van der Waals surface area (Å²) in [4.78, 5) is 2.38. The molecular formula is C58H38N2S. The Kier molecular flexibility index (Phi) is 8.39. The summed E-state index contributed by atoms with van der Waals surface area (Å²) in [5, 5.41) is 7.59. The smallest absolute Gasteiger partial charge is 0.0547 e. The van der Waals surface area contributed by atoms with Gasteiger partial charge in [-0.15, -0.1) is 11.3 Å². The number of nitrogens with zero attached hydrogens (tertiary/aromatic N) is 2. The fourth-order valence-corrected chi connectivity index (χ4v) is 10.5. The molecule has 0 radical (unpaired) electrons. The average Bonchev–Trinajstić information content (AvgIpc) is 3.87. The summed E-state index contributed by atoms with van der Waals surface area (Å²) in [7, 11) is 0. The van der Waals surface area contributed by atoms with E-state index in [0.717, 1.165) is 17.1 Å². The average molecular weight is 795 g/mol. The second-order valence-corrected chi connectivity index (χ2v) is 16.8. The van der Waals surface area contributed by atoms with Crippen LogP contribution in [0.4, 0.5) is 17.1 Å². The monoisotopic (exact) mass is 794 g/mol. The van der Waals surface area contributed by atoms with Crippen molar-refractivity contribution in [2.24, 2.45) is 0 Å². The number of benzene rings is 10. The van der Waals surface area contributed by atoms with Crippen molar-refractivity contribution in [3.05, 3.63) is 231 Å². The molecule has 2 nitrogen and oxygen atoms in total. The van der Waals surface area contributed by atoms with Crippen LogP contribution >= 0.6 is 11.3 Å². The van der Waals surface area contributed by atoms with Gasteiger partial charge < -0.3 is 9.47 Å². The predicted molar refractivity (Wildman–Crippen MR) is 262 cm³/mol. The van der Waals surface area contributed by atoms with Gasteiger partial charge in [0.2, 0.25) is 0 Å². The zero-order chi connectivity index (χ0) is 40.3. The minimum Gasteiger partial charge on any atom is -0.310 e. The van der Waals surface area contributed by atoms with Crippen LogP contribution in [0.2, 0.25) is 0 Å². The third kappa shape index (κ3) is 6.01.